The molecule has 0 heteroatoms. The van der Waals surface area contributed by atoms with E-state index in [1.54, 1.807) is 6.42 Å². The van der Waals surface area contributed by atoms with Crippen molar-refractivity contribution in [3.8, 4) is 0 Å². The highest BCUT2D eigenvalue weighted by molar-refractivity contribution is 5.07. The van der Waals surface area contributed by atoms with Crippen molar-refractivity contribution in [3.63, 3.8) is 0 Å². The Bertz CT molecular complexity index is 122. The molecule has 2 fully saturated rings. The van der Waals surface area contributed by atoms with Gasteiger partial charge in [-0.3, -0.25) is 0 Å². The van der Waals surface area contributed by atoms with Crippen LogP contribution in [0.15, 0.2) is 0 Å². The standard InChI is InChI=1S/C9H16.CH4/c1-7(2)9-5-3-4-8(9)6-9;/h7-8H,3-6H2,1-2H3;1H4. The topological polar surface area (TPSA) is 0 Å². The Morgan fingerprint density at radius 2 is 2.10 bits per heavy atom. The molecule has 2 atom stereocenters. The average Bonchev–Trinajstić information content (AvgIpc) is 2.38. The summed E-state index contributed by atoms with van der Waals surface area (Å²) < 4.78 is 0. The van der Waals surface area contributed by atoms with E-state index in [9.17, 15) is 0 Å². The highest BCUT2D eigenvalue weighted by Crippen LogP contribution is 2.67. The fourth-order valence-corrected chi connectivity index (χ4v) is 2.77. The van der Waals surface area contributed by atoms with Crippen molar-refractivity contribution in [1.29, 1.82) is 0 Å². The molecule has 10 heavy (non-hydrogen) atoms. The molecule has 2 rings (SSSR count). The molecule has 0 spiro atoms. The molecule has 0 aromatic rings. The van der Waals surface area contributed by atoms with Crippen LogP contribution >= 0.6 is 0 Å². The maximum Gasteiger partial charge on any atom is -0.0243 e. The summed E-state index contributed by atoms with van der Waals surface area (Å²) in [6.07, 6.45) is 6.15. The lowest BCUT2D eigenvalue weighted by Gasteiger charge is -2.15. The fourth-order valence-electron chi connectivity index (χ4n) is 2.77. The largest absolute Gasteiger partial charge is 0.0776 e. The summed E-state index contributed by atoms with van der Waals surface area (Å²) in [6.45, 7) is 4.79. The third kappa shape index (κ3) is 0.810. The molecule has 60 valence electrons. The van der Waals surface area contributed by atoms with Gasteiger partial charge in [0, 0.05) is 0 Å². The minimum absolute atomic E-state index is 0. The van der Waals surface area contributed by atoms with Crippen molar-refractivity contribution in [1.82, 2.24) is 0 Å². The van der Waals surface area contributed by atoms with Crippen LogP contribution in [0.5, 0.6) is 0 Å². The normalized spacial score (nSPS) is 42.9. The van der Waals surface area contributed by atoms with E-state index in [0.717, 1.165) is 17.3 Å². The van der Waals surface area contributed by atoms with Crippen LogP contribution in [0.2, 0.25) is 0 Å². The number of hydrogen-bond acceptors (Lipinski definition) is 0. The van der Waals surface area contributed by atoms with Crippen LogP contribution in [0.4, 0.5) is 0 Å². The second kappa shape index (κ2) is 2.25. The summed E-state index contributed by atoms with van der Waals surface area (Å²) in [4.78, 5) is 0. The van der Waals surface area contributed by atoms with Gasteiger partial charge >= 0.3 is 0 Å². The number of hydrogen-bond donors (Lipinski definition) is 0. The van der Waals surface area contributed by atoms with Gasteiger partial charge in [-0.2, -0.15) is 0 Å². The Morgan fingerprint density at radius 1 is 1.40 bits per heavy atom. The third-order valence-electron chi connectivity index (χ3n) is 3.62. The molecule has 0 amide bonds. The van der Waals surface area contributed by atoms with Crippen molar-refractivity contribution in [3.05, 3.63) is 0 Å². The van der Waals surface area contributed by atoms with E-state index in [0.29, 0.717) is 0 Å². The molecule has 0 aromatic heterocycles. The van der Waals surface area contributed by atoms with Gasteiger partial charge in [0.15, 0.2) is 0 Å². The summed E-state index contributed by atoms with van der Waals surface area (Å²) in [5.74, 6) is 2.11. The summed E-state index contributed by atoms with van der Waals surface area (Å²) >= 11 is 0. The highest BCUT2D eigenvalue weighted by Gasteiger charge is 2.57. The van der Waals surface area contributed by atoms with Crippen molar-refractivity contribution in [2.24, 2.45) is 17.3 Å². The van der Waals surface area contributed by atoms with E-state index in [-0.39, 0.29) is 7.43 Å². The van der Waals surface area contributed by atoms with E-state index in [1.165, 1.54) is 19.3 Å². The summed E-state index contributed by atoms with van der Waals surface area (Å²) in [5, 5.41) is 0. The zero-order valence-corrected chi connectivity index (χ0v) is 6.48. The van der Waals surface area contributed by atoms with Crippen LogP contribution in [0.25, 0.3) is 0 Å². The van der Waals surface area contributed by atoms with E-state index in [4.69, 9.17) is 0 Å². The molecular formula is C10H20. The van der Waals surface area contributed by atoms with E-state index in [1.807, 2.05) is 0 Å². The Labute approximate surface area is 65.0 Å². The minimum atomic E-state index is 0. The van der Waals surface area contributed by atoms with Crippen LogP contribution in [-0.2, 0) is 0 Å². The third-order valence-corrected chi connectivity index (χ3v) is 3.62. The van der Waals surface area contributed by atoms with Gasteiger partial charge in [0.05, 0.1) is 0 Å². The quantitative estimate of drug-likeness (QED) is 0.523. The van der Waals surface area contributed by atoms with Gasteiger partial charge in [0.1, 0.15) is 0 Å². The summed E-state index contributed by atoms with van der Waals surface area (Å²) in [7, 11) is 0. The maximum atomic E-state index is 2.39. The predicted octanol–water partition coefficient (Wildman–Crippen LogP) is 3.47. The first kappa shape index (κ1) is 8.10. The molecule has 0 bridgehead atoms. The van der Waals surface area contributed by atoms with Gasteiger partial charge < -0.3 is 0 Å². The zero-order valence-electron chi connectivity index (χ0n) is 6.48. The molecule has 2 aliphatic carbocycles. The van der Waals surface area contributed by atoms with Crippen molar-refractivity contribution >= 4 is 0 Å². The average molecular weight is 140 g/mol. The van der Waals surface area contributed by atoms with E-state index >= 15 is 0 Å². The molecule has 2 saturated carbocycles. The zero-order chi connectivity index (χ0) is 6.48. The molecule has 2 unspecified atom stereocenters. The van der Waals surface area contributed by atoms with E-state index in [2.05, 4.69) is 13.8 Å². The van der Waals surface area contributed by atoms with Gasteiger partial charge in [-0.15, -0.1) is 0 Å². The molecule has 0 saturated heterocycles. The van der Waals surface area contributed by atoms with Gasteiger partial charge in [-0.25, -0.2) is 0 Å². The van der Waals surface area contributed by atoms with Crippen LogP contribution < -0.4 is 0 Å². The lowest BCUT2D eigenvalue weighted by atomic mass is 9.90. The molecule has 0 radical (unpaired) electrons. The van der Waals surface area contributed by atoms with Gasteiger partial charge in [-0.05, 0) is 36.5 Å². The highest BCUT2D eigenvalue weighted by atomic mass is 14.6. The van der Waals surface area contributed by atoms with Crippen LogP contribution in [0.1, 0.15) is 47.0 Å². The van der Waals surface area contributed by atoms with Crippen molar-refractivity contribution < 1.29 is 0 Å². The number of rotatable bonds is 1. The fraction of sp³-hybridized carbons (Fsp3) is 1.00. The Hall–Kier alpha value is 0. The molecule has 0 nitrogen and oxygen atoms in total. The molecule has 0 aromatic carbocycles. The molecular weight excluding hydrogens is 120 g/mol. The first-order valence-electron chi connectivity index (χ1n) is 4.26. The monoisotopic (exact) mass is 140 g/mol. The first-order chi connectivity index (χ1) is 4.26. The smallest absolute Gasteiger partial charge is 0.0243 e. The Kier molecular flexibility index (Phi) is 1.82. The van der Waals surface area contributed by atoms with E-state index < -0.39 is 0 Å². The molecule has 0 heterocycles. The van der Waals surface area contributed by atoms with Crippen LogP contribution in [0, 0.1) is 17.3 Å². The Morgan fingerprint density at radius 3 is 2.30 bits per heavy atom. The van der Waals surface area contributed by atoms with Crippen molar-refractivity contribution in [2.75, 3.05) is 0 Å². The second-order valence-electron chi connectivity index (χ2n) is 4.18. The maximum absolute atomic E-state index is 2.39. The lowest BCUT2D eigenvalue weighted by Crippen LogP contribution is -2.07. The second-order valence-corrected chi connectivity index (χ2v) is 4.18. The van der Waals surface area contributed by atoms with Gasteiger partial charge in [0.25, 0.3) is 0 Å². The number of fused-ring (bicyclic) bond motifs is 1. The predicted molar refractivity (Wildman–Crippen MR) is 46.0 cm³/mol. The summed E-state index contributed by atoms with van der Waals surface area (Å²) in [5.41, 5.74) is 0.861. The summed E-state index contributed by atoms with van der Waals surface area (Å²) in [6, 6.07) is 0. The lowest BCUT2D eigenvalue weighted by molar-refractivity contribution is 0.343. The SMILES string of the molecule is C.CC(C)C12CCCC1C2. The molecule has 2 aliphatic rings. The van der Waals surface area contributed by atoms with Crippen LogP contribution in [-0.4, -0.2) is 0 Å². The first-order valence-corrected chi connectivity index (χ1v) is 4.26. The van der Waals surface area contributed by atoms with Crippen LogP contribution in [0.3, 0.4) is 0 Å². The van der Waals surface area contributed by atoms with Gasteiger partial charge in [-0.1, -0.05) is 27.7 Å². The molecule has 0 aliphatic heterocycles. The van der Waals surface area contributed by atoms with Crippen molar-refractivity contribution in [2.45, 2.75) is 47.0 Å². The molecule has 0 N–H and O–H groups in total. The minimum Gasteiger partial charge on any atom is -0.0776 e. The Balaban J connectivity index is 0.000000500. The van der Waals surface area contributed by atoms with Gasteiger partial charge in [0.2, 0.25) is 0 Å².